The molecule has 0 saturated heterocycles. The topological polar surface area (TPSA) is 27.7 Å². The van der Waals surface area contributed by atoms with Gasteiger partial charge in [0, 0.05) is 37.6 Å². The van der Waals surface area contributed by atoms with Crippen LogP contribution < -0.4 is 0 Å². The maximum Gasteiger partial charge on any atom is 0.0676 e. The number of fused-ring (bicyclic) bond motifs is 18. The predicted molar refractivity (Wildman–Crippen MR) is 144 cm³/mol. The molecule has 3 saturated carbocycles. The van der Waals surface area contributed by atoms with Crippen LogP contribution in [0.5, 0.6) is 0 Å². The molecule has 0 heterocycles. The molecule has 198 valence electrons. The summed E-state index contributed by atoms with van der Waals surface area (Å²) in [5, 5.41) is 0. The third-order valence-corrected chi connectivity index (χ3v) is 15.0. The number of hydrogen-bond acceptors (Lipinski definition) is 3. The first kappa shape index (κ1) is 24.2. The second-order valence-electron chi connectivity index (χ2n) is 15.7. The standard InChI is InChI=1S/C33H48O3/c1-28(2)16-13-19(34-10)31(28,7)25-22(16)26-24(18-15-20(35-11)32(26,8)30(18,5)6)27-23(25)17-14-21(36-12)33(27,9)29(17,3)4/h16-21H,13-15H2,1-12H3/t16-,17-,18-,19-,20-,21-,31+,32+,33+/m1/s1. The van der Waals surface area contributed by atoms with Crippen molar-refractivity contribution in [2.75, 3.05) is 21.3 Å². The zero-order valence-electron chi connectivity index (χ0n) is 24.8. The molecule has 3 nitrogen and oxygen atoms in total. The summed E-state index contributed by atoms with van der Waals surface area (Å²) in [6.07, 6.45) is 4.25. The van der Waals surface area contributed by atoms with E-state index in [2.05, 4.69) is 62.3 Å². The van der Waals surface area contributed by atoms with E-state index in [0.29, 0.717) is 17.8 Å². The quantitative estimate of drug-likeness (QED) is 0.451. The highest BCUT2D eigenvalue weighted by molar-refractivity contribution is 5.74. The lowest BCUT2D eigenvalue weighted by atomic mass is 9.61. The Balaban J connectivity index is 1.68. The fourth-order valence-corrected chi connectivity index (χ4v) is 12.0. The van der Waals surface area contributed by atoms with Gasteiger partial charge in [0.15, 0.2) is 0 Å². The molecule has 1 aromatic carbocycles. The maximum absolute atomic E-state index is 6.34. The number of hydrogen-bond donors (Lipinski definition) is 0. The average molecular weight is 493 g/mol. The molecule has 9 atom stereocenters. The van der Waals surface area contributed by atoms with E-state index >= 15 is 0 Å². The molecule has 36 heavy (non-hydrogen) atoms. The van der Waals surface area contributed by atoms with Gasteiger partial charge < -0.3 is 14.2 Å². The van der Waals surface area contributed by atoms with E-state index in [9.17, 15) is 0 Å². The zero-order valence-corrected chi connectivity index (χ0v) is 24.8. The molecule has 0 aromatic heterocycles. The van der Waals surface area contributed by atoms with E-state index in [-0.39, 0.29) is 50.8 Å². The van der Waals surface area contributed by atoms with Crippen LogP contribution >= 0.6 is 0 Å². The van der Waals surface area contributed by atoms with E-state index < -0.39 is 0 Å². The third-order valence-electron chi connectivity index (χ3n) is 15.0. The highest BCUT2D eigenvalue weighted by atomic mass is 16.5. The van der Waals surface area contributed by atoms with E-state index in [1.165, 1.54) is 0 Å². The Morgan fingerprint density at radius 2 is 0.667 bits per heavy atom. The zero-order chi connectivity index (χ0) is 26.2. The number of ether oxygens (including phenoxy) is 3. The normalized spacial score (nSPS) is 49.0. The van der Waals surface area contributed by atoms with Crippen molar-refractivity contribution in [3.05, 3.63) is 33.4 Å². The van der Waals surface area contributed by atoms with Gasteiger partial charge in [0.25, 0.3) is 0 Å². The van der Waals surface area contributed by atoms with E-state index in [1.807, 2.05) is 21.3 Å². The van der Waals surface area contributed by atoms with Crippen molar-refractivity contribution < 1.29 is 14.2 Å². The maximum atomic E-state index is 6.34. The Hall–Kier alpha value is -0.900. The van der Waals surface area contributed by atoms with Gasteiger partial charge in [-0.15, -0.1) is 0 Å². The van der Waals surface area contributed by atoms with Crippen molar-refractivity contribution in [3.63, 3.8) is 0 Å². The fourth-order valence-electron chi connectivity index (χ4n) is 12.0. The second kappa shape index (κ2) is 6.28. The monoisotopic (exact) mass is 492 g/mol. The summed E-state index contributed by atoms with van der Waals surface area (Å²) in [7, 11) is 5.85. The molecular formula is C33H48O3. The summed E-state index contributed by atoms with van der Waals surface area (Å²) in [6.45, 7) is 22.9. The molecule has 6 aliphatic rings. The van der Waals surface area contributed by atoms with Crippen molar-refractivity contribution in [2.45, 2.75) is 134 Å². The average Bonchev–Trinajstić information content (AvgIpc) is 3.41. The van der Waals surface area contributed by atoms with Gasteiger partial charge in [0.05, 0.1) is 18.3 Å². The van der Waals surface area contributed by atoms with Crippen molar-refractivity contribution >= 4 is 0 Å². The van der Waals surface area contributed by atoms with Gasteiger partial charge in [-0.3, -0.25) is 0 Å². The van der Waals surface area contributed by atoms with Crippen molar-refractivity contribution in [3.8, 4) is 0 Å². The minimum atomic E-state index is 0.0191. The lowest BCUT2D eigenvalue weighted by Crippen LogP contribution is -2.46. The van der Waals surface area contributed by atoms with Crippen molar-refractivity contribution in [1.29, 1.82) is 0 Å². The number of rotatable bonds is 3. The van der Waals surface area contributed by atoms with Crippen LogP contribution in [0.25, 0.3) is 0 Å². The molecule has 6 bridgehead atoms. The van der Waals surface area contributed by atoms with E-state index in [1.54, 1.807) is 33.4 Å². The largest absolute Gasteiger partial charge is 0.380 e. The van der Waals surface area contributed by atoms with Gasteiger partial charge in [0.1, 0.15) is 0 Å². The first-order chi connectivity index (χ1) is 16.6. The second-order valence-corrected chi connectivity index (χ2v) is 15.7. The SMILES string of the molecule is CO[C@@H]1C[C@@H]2c3c(c4c(c5c3[C@]3(C)[C@H](OC)C[C@H]5C3(C)C)[C@]3(C)[C@H](OC)C[C@H]4C3(C)C)[C@@]1(C)C2(C)C. The highest BCUT2D eigenvalue weighted by Crippen LogP contribution is 2.81. The molecule has 0 unspecified atom stereocenters. The molecule has 7 rings (SSSR count). The molecule has 0 spiro atoms. The van der Waals surface area contributed by atoms with Gasteiger partial charge in [-0.2, -0.15) is 0 Å². The molecule has 3 heteroatoms. The number of methoxy groups -OCH3 is 3. The Labute approximate surface area is 219 Å². The van der Waals surface area contributed by atoms with Crippen LogP contribution in [0.3, 0.4) is 0 Å². The Morgan fingerprint density at radius 3 is 0.861 bits per heavy atom. The summed E-state index contributed by atoms with van der Waals surface area (Å²) in [5.41, 5.74) is 10.8. The smallest absolute Gasteiger partial charge is 0.0676 e. The minimum Gasteiger partial charge on any atom is -0.380 e. The first-order valence-corrected chi connectivity index (χ1v) is 14.5. The van der Waals surface area contributed by atoms with Gasteiger partial charge in [-0.05, 0) is 86.6 Å². The third kappa shape index (κ3) is 1.90. The highest BCUT2D eigenvalue weighted by Gasteiger charge is 2.76. The lowest BCUT2D eigenvalue weighted by Gasteiger charge is -2.46. The summed E-state index contributed by atoms with van der Waals surface area (Å²) < 4.78 is 19.0. The summed E-state index contributed by atoms with van der Waals surface area (Å²) >= 11 is 0. The first-order valence-electron chi connectivity index (χ1n) is 14.5. The summed E-state index contributed by atoms with van der Waals surface area (Å²) in [5.74, 6) is 1.62. The molecule has 0 radical (unpaired) electrons. The Bertz CT molecular complexity index is 1040. The van der Waals surface area contributed by atoms with Crippen LogP contribution in [-0.2, 0) is 30.5 Å². The molecule has 6 aliphatic carbocycles. The van der Waals surface area contributed by atoms with Crippen molar-refractivity contribution in [2.24, 2.45) is 16.2 Å². The molecule has 0 amide bonds. The molecule has 1 aromatic rings. The predicted octanol–water partition coefficient (Wildman–Crippen LogP) is 7.09. The Kier molecular flexibility index (Phi) is 4.22. The van der Waals surface area contributed by atoms with Crippen molar-refractivity contribution in [1.82, 2.24) is 0 Å². The summed E-state index contributed by atoms with van der Waals surface area (Å²) in [6, 6.07) is 0. The van der Waals surface area contributed by atoms with Crippen LogP contribution in [0.1, 0.15) is 133 Å². The molecule has 0 N–H and O–H groups in total. The fraction of sp³-hybridized carbons (Fsp3) is 0.818. The van der Waals surface area contributed by atoms with Crippen LogP contribution in [0.4, 0.5) is 0 Å². The van der Waals surface area contributed by atoms with Gasteiger partial charge >= 0.3 is 0 Å². The number of benzene rings is 1. The van der Waals surface area contributed by atoms with E-state index in [0.717, 1.165) is 19.3 Å². The van der Waals surface area contributed by atoms with Crippen LogP contribution in [0.15, 0.2) is 0 Å². The van der Waals surface area contributed by atoms with E-state index in [4.69, 9.17) is 14.2 Å². The van der Waals surface area contributed by atoms with Gasteiger partial charge in [-0.25, -0.2) is 0 Å². The molecule has 3 fully saturated rings. The molecular weight excluding hydrogens is 444 g/mol. The Morgan fingerprint density at radius 1 is 0.444 bits per heavy atom. The lowest BCUT2D eigenvalue weighted by molar-refractivity contribution is 0.0250. The van der Waals surface area contributed by atoms with Crippen LogP contribution in [0.2, 0.25) is 0 Å². The summed E-state index contributed by atoms with van der Waals surface area (Å²) in [4.78, 5) is 0. The minimum absolute atomic E-state index is 0.0191. The van der Waals surface area contributed by atoms with Gasteiger partial charge in [0.2, 0.25) is 0 Å². The van der Waals surface area contributed by atoms with Crippen LogP contribution in [0, 0.1) is 16.2 Å². The van der Waals surface area contributed by atoms with Crippen LogP contribution in [-0.4, -0.2) is 39.6 Å². The molecule has 0 aliphatic heterocycles. The van der Waals surface area contributed by atoms with Gasteiger partial charge in [-0.1, -0.05) is 62.3 Å².